The quantitative estimate of drug-likeness (QED) is 0.644. The number of imidazole rings is 1. The molecule has 2 atom stereocenters. The molecule has 0 aromatic carbocycles. The molecule has 3 aromatic rings. The van der Waals surface area contributed by atoms with Crippen LogP contribution in [0.3, 0.4) is 0 Å². The smallest absolute Gasteiger partial charge is 0.203 e. The minimum atomic E-state index is -2.68. The molecule has 4 rings (SSSR count). The van der Waals surface area contributed by atoms with Gasteiger partial charge in [0.2, 0.25) is 5.96 Å². The molecule has 0 fully saturated rings. The number of nitrogens with zero attached hydrogens (tertiary/aromatic N) is 5. The highest BCUT2D eigenvalue weighted by Gasteiger charge is 2.40. The van der Waals surface area contributed by atoms with Gasteiger partial charge in [0.25, 0.3) is 0 Å². The summed E-state index contributed by atoms with van der Waals surface area (Å²) < 4.78 is 31.0. The predicted octanol–water partition coefficient (Wildman–Crippen LogP) is 2.55. The first-order chi connectivity index (χ1) is 13.6. The molecule has 152 valence electrons. The van der Waals surface area contributed by atoms with Crippen LogP contribution < -0.4 is 5.73 Å². The number of guanidine groups is 1. The second kappa shape index (κ2) is 6.67. The zero-order valence-electron chi connectivity index (χ0n) is 16.3. The van der Waals surface area contributed by atoms with E-state index >= 15 is 0 Å². The molecule has 3 aromatic heterocycles. The molecule has 0 amide bonds. The summed E-state index contributed by atoms with van der Waals surface area (Å²) in [6.45, 7) is 3.64. The summed E-state index contributed by atoms with van der Waals surface area (Å²) in [6, 6.07) is 5.16. The van der Waals surface area contributed by atoms with Gasteiger partial charge in [0, 0.05) is 24.3 Å². The summed E-state index contributed by atoms with van der Waals surface area (Å²) in [5, 5.41) is 0. The van der Waals surface area contributed by atoms with Crippen molar-refractivity contribution in [2.75, 3.05) is 12.8 Å². The number of hydrogen-bond donors (Lipinski definition) is 1. The largest absolute Gasteiger partial charge is 0.369 e. The van der Waals surface area contributed by atoms with E-state index < -0.39 is 21.1 Å². The van der Waals surface area contributed by atoms with Gasteiger partial charge in [-0.25, -0.2) is 23.6 Å². The van der Waals surface area contributed by atoms with Crippen LogP contribution in [0.1, 0.15) is 17.5 Å². The fraction of sp³-hybridized carbons (Fsp3) is 0.263. The second-order valence-electron chi connectivity index (χ2n) is 7.27. The molecule has 2 N–H and O–H groups in total. The van der Waals surface area contributed by atoms with Crippen molar-refractivity contribution >= 4 is 32.9 Å². The molecule has 0 bridgehead atoms. The third-order valence-electron chi connectivity index (χ3n) is 4.87. The van der Waals surface area contributed by atoms with E-state index in [2.05, 4.69) is 20.8 Å². The van der Waals surface area contributed by atoms with Crippen molar-refractivity contribution in [2.24, 2.45) is 10.7 Å². The zero-order valence-corrected chi connectivity index (χ0v) is 17.9. The summed E-state index contributed by atoms with van der Waals surface area (Å²) in [6.07, 6.45) is 5.23. The van der Waals surface area contributed by atoms with Gasteiger partial charge in [0.15, 0.2) is 0 Å². The molecule has 29 heavy (non-hydrogen) atoms. The Hall–Kier alpha value is -2.72. The van der Waals surface area contributed by atoms with E-state index in [1.54, 1.807) is 26.5 Å². The highest BCUT2D eigenvalue weighted by atomic mass is 32.2. The van der Waals surface area contributed by atoms with Gasteiger partial charge in [-0.1, -0.05) is 0 Å². The van der Waals surface area contributed by atoms with E-state index in [1.165, 1.54) is 21.7 Å². The normalized spacial score (nSPS) is 24.6. The van der Waals surface area contributed by atoms with Crippen molar-refractivity contribution < 1.29 is 8.60 Å². The maximum atomic E-state index is 15.0. The molecule has 7 nitrogen and oxygen atoms in total. The van der Waals surface area contributed by atoms with E-state index in [0.29, 0.717) is 10.7 Å². The fourth-order valence-corrected chi connectivity index (χ4v) is 6.19. The van der Waals surface area contributed by atoms with Gasteiger partial charge in [-0.3, -0.25) is 8.87 Å². The van der Waals surface area contributed by atoms with Gasteiger partial charge in [-0.05, 0) is 43.5 Å². The predicted molar refractivity (Wildman–Crippen MR) is 116 cm³/mol. The Labute approximate surface area is 172 Å². The second-order valence-corrected chi connectivity index (χ2v) is 10.7. The number of halogens is 1. The molecule has 0 radical (unpaired) electrons. The van der Waals surface area contributed by atoms with E-state index in [0.717, 1.165) is 16.1 Å². The van der Waals surface area contributed by atoms with Gasteiger partial charge in [0.05, 0.1) is 26.0 Å². The molecule has 1 aliphatic heterocycles. The van der Waals surface area contributed by atoms with E-state index in [1.807, 2.05) is 29.8 Å². The van der Waals surface area contributed by atoms with Crippen LogP contribution in [-0.4, -0.2) is 47.7 Å². The lowest BCUT2D eigenvalue weighted by Gasteiger charge is -2.36. The Morgan fingerprint density at radius 1 is 1.38 bits per heavy atom. The van der Waals surface area contributed by atoms with Crippen LogP contribution >= 0.6 is 11.3 Å². The molecule has 1 aliphatic rings. The molecule has 0 saturated carbocycles. The third kappa shape index (κ3) is 3.42. The lowest BCUT2D eigenvalue weighted by atomic mass is 10.0. The number of aliphatic imine (C=N–C) groups is 1. The number of thiophene rings is 1. The highest BCUT2D eigenvalue weighted by Crippen LogP contribution is 2.41. The van der Waals surface area contributed by atoms with Crippen molar-refractivity contribution in [3.8, 4) is 16.3 Å². The topological polar surface area (TPSA) is 89.4 Å². The Morgan fingerprint density at radius 3 is 2.79 bits per heavy atom. The minimum absolute atomic E-state index is 0.0873. The lowest BCUT2D eigenvalue weighted by molar-refractivity contribution is 0.493. The molecular weight excluding hydrogens is 411 g/mol. The zero-order chi connectivity index (χ0) is 21.0. The first-order valence-corrected chi connectivity index (χ1v) is 11.5. The summed E-state index contributed by atoms with van der Waals surface area (Å²) in [5.41, 5.74) is 6.60. The summed E-state index contributed by atoms with van der Waals surface area (Å²) in [5.74, 6) is 4.25. The van der Waals surface area contributed by atoms with E-state index in [-0.39, 0.29) is 11.7 Å². The van der Waals surface area contributed by atoms with Crippen LogP contribution in [0.2, 0.25) is 0 Å². The number of aryl methyl sites for hydroxylation is 1. The molecule has 10 heteroatoms. The minimum Gasteiger partial charge on any atom is -0.369 e. The molecule has 0 aliphatic carbocycles. The molecular formula is C19H21FN6OS2. The van der Waals surface area contributed by atoms with Crippen molar-refractivity contribution in [1.82, 2.24) is 18.8 Å². The molecule has 0 saturated heterocycles. The monoisotopic (exact) mass is 432 g/mol. The Bertz CT molecular complexity index is 1230. The van der Waals surface area contributed by atoms with Crippen LogP contribution in [0, 0.1) is 12.7 Å². The Morgan fingerprint density at radius 2 is 2.14 bits per heavy atom. The lowest BCUT2D eigenvalue weighted by Crippen LogP contribution is -2.50. The molecule has 4 heterocycles. The molecule has 0 spiro atoms. The number of hydrogen-bond acceptors (Lipinski definition) is 6. The van der Waals surface area contributed by atoms with E-state index in [4.69, 9.17) is 5.73 Å². The number of nitrogens with two attached hydrogens (primary N) is 1. The fourth-order valence-electron chi connectivity index (χ4n) is 3.32. The van der Waals surface area contributed by atoms with Gasteiger partial charge in [-0.15, -0.1) is 11.3 Å². The number of pyridine rings is 1. The average molecular weight is 433 g/mol. The summed E-state index contributed by atoms with van der Waals surface area (Å²) >= 11 is 1.27. The van der Waals surface area contributed by atoms with E-state index in [9.17, 15) is 8.60 Å². The average Bonchev–Trinajstić information content (AvgIpc) is 3.26. The SMILES string of the molecule is C=S1(=O)C[C@@](C)(c2sc(-c3ccnc(-n4cnc(C)c4)c3)cc2F)N=C(N)N1C. The summed E-state index contributed by atoms with van der Waals surface area (Å²) in [4.78, 5) is 14.1. The van der Waals surface area contributed by atoms with Gasteiger partial charge in [0.1, 0.15) is 23.5 Å². The van der Waals surface area contributed by atoms with Crippen LogP contribution in [0.15, 0.2) is 41.9 Å². The maximum absolute atomic E-state index is 15.0. The Balaban J connectivity index is 1.76. The van der Waals surface area contributed by atoms with Crippen molar-refractivity contribution in [2.45, 2.75) is 19.4 Å². The Kier molecular flexibility index (Phi) is 4.50. The van der Waals surface area contributed by atoms with Crippen molar-refractivity contribution in [3.63, 3.8) is 0 Å². The number of aromatic nitrogens is 3. The van der Waals surface area contributed by atoms with Crippen molar-refractivity contribution in [1.29, 1.82) is 0 Å². The van der Waals surface area contributed by atoms with Crippen LogP contribution in [0.25, 0.3) is 16.3 Å². The van der Waals surface area contributed by atoms with Crippen LogP contribution in [-0.2, 0) is 15.2 Å². The van der Waals surface area contributed by atoms with Gasteiger partial charge >= 0.3 is 0 Å². The van der Waals surface area contributed by atoms with Crippen molar-refractivity contribution in [3.05, 3.63) is 53.3 Å². The van der Waals surface area contributed by atoms with Gasteiger partial charge in [-0.2, -0.15) is 0 Å². The standard InChI is InChI=1S/C19H21FN6OS2/c1-12-9-26(11-23-12)16-7-13(5-6-22-16)15-8-14(20)17(28-15)19(2)10-29(4,27)25(3)18(21)24-19/h5-9,11H,4,10H2,1-3H3,(H2,21,24)/t19-,29?/m0/s1. The van der Waals surface area contributed by atoms with Gasteiger partial charge < -0.3 is 5.73 Å². The maximum Gasteiger partial charge on any atom is 0.203 e. The first kappa shape index (κ1) is 19.6. The van der Waals surface area contributed by atoms with Crippen LogP contribution in [0.5, 0.6) is 0 Å². The number of rotatable bonds is 3. The van der Waals surface area contributed by atoms with Crippen LogP contribution in [0.4, 0.5) is 4.39 Å². The third-order valence-corrected chi connectivity index (χ3v) is 8.48. The highest BCUT2D eigenvalue weighted by molar-refractivity contribution is 7.98. The summed E-state index contributed by atoms with van der Waals surface area (Å²) in [7, 11) is -1.10. The first-order valence-electron chi connectivity index (χ1n) is 8.80. The molecule has 1 unspecified atom stereocenters.